The Kier molecular flexibility index (Phi) is 2.59. The Labute approximate surface area is 63.5 Å². The third-order valence-corrected chi connectivity index (χ3v) is 2.47. The average molecular weight is 181 g/mol. The van der Waals surface area contributed by atoms with E-state index in [2.05, 4.69) is 9.39 Å². The van der Waals surface area contributed by atoms with Crippen molar-refractivity contribution in [3.8, 4) is 0 Å². The second kappa shape index (κ2) is 3.10. The van der Waals surface area contributed by atoms with Crippen LogP contribution in [0.3, 0.4) is 0 Å². The van der Waals surface area contributed by atoms with E-state index in [9.17, 15) is 4.79 Å². The molecule has 0 saturated carbocycles. The van der Waals surface area contributed by atoms with E-state index in [1.54, 1.807) is 0 Å². The highest BCUT2D eigenvalue weighted by Crippen LogP contribution is 2.27. The molecule has 1 heterocycles. The second-order valence-corrected chi connectivity index (χ2v) is 2.88. The first kappa shape index (κ1) is 8.35. The molecular formula is C4H9NO3P2. The normalized spacial score (nSPS) is 32.3. The number of β-lactam (4-membered cyclic amide) rings is 1. The SMILES string of the molecule is O=C1[C@H](OP)[C@H](CO)N1P. The summed E-state index contributed by atoms with van der Waals surface area (Å²) in [5.74, 6) is -0.112. The summed E-state index contributed by atoms with van der Waals surface area (Å²) in [5.41, 5.74) is 0. The van der Waals surface area contributed by atoms with Crippen LogP contribution < -0.4 is 0 Å². The number of hydrogen-bond donors (Lipinski definition) is 1. The van der Waals surface area contributed by atoms with Gasteiger partial charge in [0.1, 0.15) is 0 Å². The van der Waals surface area contributed by atoms with Crippen LogP contribution in [-0.2, 0) is 9.32 Å². The summed E-state index contributed by atoms with van der Waals surface area (Å²) in [6.45, 7) is -0.0612. The number of amides is 1. The van der Waals surface area contributed by atoms with Gasteiger partial charge in [0.2, 0.25) is 0 Å². The third kappa shape index (κ3) is 1.06. The molecule has 1 saturated heterocycles. The first-order valence-corrected chi connectivity index (χ1v) is 3.75. The minimum absolute atomic E-state index is 0.0612. The van der Waals surface area contributed by atoms with Crippen molar-refractivity contribution in [1.29, 1.82) is 0 Å². The van der Waals surface area contributed by atoms with Gasteiger partial charge in [-0.25, -0.2) is 0 Å². The van der Waals surface area contributed by atoms with Crippen LogP contribution >= 0.6 is 18.9 Å². The molecule has 1 aliphatic heterocycles. The Morgan fingerprint density at radius 1 is 1.80 bits per heavy atom. The van der Waals surface area contributed by atoms with Crippen molar-refractivity contribution >= 4 is 24.8 Å². The summed E-state index contributed by atoms with van der Waals surface area (Å²) in [5, 5.41) is 8.68. The maximum Gasteiger partial charge on any atom is 0.257 e. The van der Waals surface area contributed by atoms with Crippen molar-refractivity contribution in [2.24, 2.45) is 0 Å². The molecule has 0 bridgehead atoms. The molecule has 0 aromatic carbocycles. The van der Waals surface area contributed by atoms with Crippen molar-refractivity contribution in [3.63, 3.8) is 0 Å². The van der Waals surface area contributed by atoms with E-state index in [4.69, 9.17) is 9.63 Å². The zero-order valence-corrected chi connectivity index (χ0v) is 7.54. The molecule has 0 spiro atoms. The van der Waals surface area contributed by atoms with Crippen LogP contribution in [0.15, 0.2) is 0 Å². The lowest BCUT2D eigenvalue weighted by Gasteiger charge is -2.42. The fourth-order valence-electron chi connectivity index (χ4n) is 0.871. The minimum atomic E-state index is -0.479. The molecule has 1 amide bonds. The van der Waals surface area contributed by atoms with Crippen LogP contribution in [-0.4, -0.2) is 34.4 Å². The van der Waals surface area contributed by atoms with Crippen LogP contribution in [0.5, 0.6) is 0 Å². The predicted molar refractivity (Wildman–Crippen MR) is 42.0 cm³/mol. The number of aliphatic hydroxyl groups is 1. The molecule has 2 unspecified atom stereocenters. The lowest BCUT2D eigenvalue weighted by atomic mass is 10.0. The Hall–Kier alpha value is 0.250. The Bertz CT molecular complexity index is 153. The van der Waals surface area contributed by atoms with Crippen molar-refractivity contribution in [2.75, 3.05) is 6.61 Å². The van der Waals surface area contributed by atoms with Crippen LogP contribution in [0, 0.1) is 0 Å². The molecule has 4 atom stereocenters. The molecule has 4 nitrogen and oxygen atoms in total. The lowest BCUT2D eigenvalue weighted by Crippen LogP contribution is -2.61. The van der Waals surface area contributed by atoms with Gasteiger partial charge >= 0.3 is 0 Å². The maximum absolute atomic E-state index is 10.8. The number of nitrogens with zero attached hydrogens (tertiary/aromatic N) is 1. The van der Waals surface area contributed by atoms with Crippen molar-refractivity contribution in [2.45, 2.75) is 12.1 Å². The largest absolute Gasteiger partial charge is 0.394 e. The standard InChI is InChI=1S/C4H9NO3P2/c6-1-2-3(8-10)4(7)5(2)9/h2-3,6H,1,9-10H2/t2-,3+/m0/s1. The molecule has 1 N–H and O–H groups in total. The highest BCUT2D eigenvalue weighted by atomic mass is 31.0. The van der Waals surface area contributed by atoms with Crippen molar-refractivity contribution < 1.29 is 14.4 Å². The van der Waals surface area contributed by atoms with Gasteiger partial charge in [0.15, 0.2) is 6.10 Å². The fraction of sp³-hybridized carbons (Fsp3) is 0.750. The number of aliphatic hydroxyl groups excluding tert-OH is 1. The Balaban J connectivity index is 2.52. The zero-order chi connectivity index (χ0) is 7.72. The highest BCUT2D eigenvalue weighted by Gasteiger charge is 2.45. The van der Waals surface area contributed by atoms with Gasteiger partial charge in [-0.2, -0.15) is 0 Å². The smallest absolute Gasteiger partial charge is 0.257 e. The quantitative estimate of drug-likeness (QED) is 0.446. The van der Waals surface area contributed by atoms with E-state index < -0.39 is 6.10 Å². The highest BCUT2D eigenvalue weighted by molar-refractivity contribution is 7.15. The van der Waals surface area contributed by atoms with Crippen LogP contribution in [0.2, 0.25) is 0 Å². The van der Waals surface area contributed by atoms with E-state index in [-0.39, 0.29) is 18.6 Å². The van der Waals surface area contributed by atoms with Crippen LogP contribution in [0.25, 0.3) is 0 Å². The third-order valence-electron chi connectivity index (χ3n) is 1.54. The summed E-state index contributed by atoms with van der Waals surface area (Å²) in [7, 11) is 4.25. The van der Waals surface area contributed by atoms with Gasteiger partial charge in [0.05, 0.1) is 12.6 Å². The Morgan fingerprint density at radius 2 is 2.40 bits per heavy atom. The molecular weight excluding hydrogens is 172 g/mol. The number of rotatable bonds is 2. The number of carbonyl (C=O) groups excluding carboxylic acids is 1. The molecule has 1 fully saturated rings. The minimum Gasteiger partial charge on any atom is -0.394 e. The monoisotopic (exact) mass is 181 g/mol. The molecule has 1 rings (SSSR count). The van der Waals surface area contributed by atoms with Gasteiger partial charge in [-0.05, 0) is 9.39 Å². The van der Waals surface area contributed by atoms with Gasteiger partial charge in [0.25, 0.3) is 5.91 Å². The molecule has 0 aromatic heterocycles. The summed E-state index contributed by atoms with van der Waals surface area (Å²) in [6, 6.07) is -0.199. The molecule has 6 heteroatoms. The first-order chi connectivity index (χ1) is 4.72. The van der Waals surface area contributed by atoms with Crippen molar-refractivity contribution in [3.05, 3.63) is 0 Å². The average Bonchev–Trinajstić information content (AvgIpc) is 1.97. The molecule has 0 aliphatic carbocycles. The van der Waals surface area contributed by atoms with E-state index in [0.717, 1.165) is 0 Å². The number of carbonyl (C=O) groups is 1. The van der Waals surface area contributed by atoms with Gasteiger partial charge in [0, 0.05) is 9.47 Å². The summed E-state index contributed by atoms with van der Waals surface area (Å²) in [6.07, 6.45) is -0.479. The van der Waals surface area contributed by atoms with Gasteiger partial charge in [-0.15, -0.1) is 0 Å². The molecule has 58 valence electrons. The summed E-state index contributed by atoms with van der Waals surface area (Å²) in [4.78, 5) is 10.8. The molecule has 0 radical (unpaired) electrons. The second-order valence-electron chi connectivity index (χ2n) is 2.05. The van der Waals surface area contributed by atoms with Gasteiger partial charge < -0.3 is 14.3 Å². The first-order valence-electron chi connectivity index (χ1n) is 2.76. The topological polar surface area (TPSA) is 49.8 Å². The Morgan fingerprint density at radius 3 is 2.70 bits per heavy atom. The fourth-order valence-corrected chi connectivity index (χ4v) is 1.57. The lowest BCUT2D eigenvalue weighted by molar-refractivity contribution is -0.153. The summed E-state index contributed by atoms with van der Waals surface area (Å²) >= 11 is 0. The van der Waals surface area contributed by atoms with E-state index in [1.165, 1.54) is 4.67 Å². The zero-order valence-electron chi connectivity index (χ0n) is 5.23. The maximum atomic E-state index is 10.8. The van der Waals surface area contributed by atoms with Crippen LogP contribution in [0.1, 0.15) is 0 Å². The van der Waals surface area contributed by atoms with E-state index >= 15 is 0 Å². The van der Waals surface area contributed by atoms with Gasteiger partial charge in [-0.1, -0.05) is 0 Å². The predicted octanol–water partition coefficient (Wildman–Crippen LogP) is -0.845. The van der Waals surface area contributed by atoms with Crippen LogP contribution in [0.4, 0.5) is 0 Å². The van der Waals surface area contributed by atoms with E-state index in [0.29, 0.717) is 0 Å². The van der Waals surface area contributed by atoms with E-state index in [1.807, 2.05) is 9.47 Å². The molecule has 10 heavy (non-hydrogen) atoms. The molecule has 0 aromatic rings. The summed E-state index contributed by atoms with van der Waals surface area (Å²) < 4.78 is 6.11. The number of hydrogen-bond acceptors (Lipinski definition) is 3. The van der Waals surface area contributed by atoms with Gasteiger partial charge in [-0.3, -0.25) is 4.79 Å². The molecule has 1 aliphatic rings. The van der Waals surface area contributed by atoms with Crippen molar-refractivity contribution in [1.82, 2.24) is 4.67 Å².